The predicted octanol–water partition coefficient (Wildman–Crippen LogP) is 5.14. The highest BCUT2D eigenvalue weighted by Gasteiger charge is 2.39. The molecule has 2 atom stereocenters. The molecule has 2 aromatic heterocycles. The molecule has 8 nitrogen and oxygen atoms in total. The van der Waals surface area contributed by atoms with Crippen LogP contribution in [-0.2, 0) is 12.5 Å². The summed E-state index contributed by atoms with van der Waals surface area (Å²) in [5, 5.41) is 26.6. The van der Waals surface area contributed by atoms with Crippen LogP contribution in [0.15, 0.2) is 60.9 Å². The fraction of sp³-hybridized carbons (Fsp3) is 0.296. The number of benzene rings is 2. The Kier molecular flexibility index (Phi) is 6.10. The summed E-state index contributed by atoms with van der Waals surface area (Å²) in [5.41, 5.74) is 4.83. The molecule has 0 saturated heterocycles. The van der Waals surface area contributed by atoms with Gasteiger partial charge in [-0.2, -0.15) is 10.2 Å². The molecule has 2 heterocycles. The molecule has 0 radical (unpaired) electrons. The number of aromatic nitrogens is 4. The highest BCUT2D eigenvalue weighted by molar-refractivity contribution is 6.30. The van der Waals surface area contributed by atoms with Crippen molar-refractivity contribution in [1.29, 1.82) is 0 Å². The van der Waals surface area contributed by atoms with Crippen molar-refractivity contribution in [3.63, 3.8) is 0 Å². The molecule has 0 saturated carbocycles. The average Bonchev–Trinajstić information content (AvgIpc) is 3.40. The molecule has 0 unspecified atom stereocenters. The minimum atomic E-state index is -0.761. The molecule has 186 valence electrons. The van der Waals surface area contributed by atoms with Gasteiger partial charge in [0.25, 0.3) is 0 Å². The first-order chi connectivity index (χ1) is 17.1. The van der Waals surface area contributed by atoms with Gasteiger partial charge in [0, 0.05) is 29.4 Å². The number of urea groups is 1. The van der Waals surface area contributed by atoms with Crippen molar-refractivity contribution in [1.82, 2.24) is 24.9 Å². The molecule has 1 aliphatic carbocycles. The Morgan fingerprint density at radius 1 is 1.19 bits per heavy atom. The number of para-hydroxylation sites is 1. The maximum absolute atomic E-state index is 13.3. The molecule has 9 heteroatoms. The number of rotatable bonds is 4. The molecular weight excluding hydrogens is 476 g/mol. The molecule has 4 aromatic rings. The fourth-order valence-electron chi connectivity index (χ4n) is 5.04. The Balaban J connectivity index is 1.49. The van der Waals surface area contributed by atoms with Crippen LogP contribution in [0.5, 0.6) is 0 Å². The number of halogens is 1. The van der Waals surface area contributed by atoms with Crippen LogP contribution < -0.4 is 10.6 Å². The maximum Gasteiger partial charge on any atom is 0.320 e. The molecule has 5 rings (SSSR count). The smallest absolute Gasteiger partial charge is 0.320 e. The van der Waals surface area contributed by atoms with Gasteiger partial charge in [-0.15, -0.1) is 0 Å². The van der Waals surface area contributed by atoms with E-state index in [1.807, 2.05) is 68.7 Å². The lowest BCUT2D eigenvalue weighted by Gasteiger charge is -2.40. The molecule has 0 spiro atoms. The van der Waals surface area contributed by atoms with E-state index < -0.39 is 18.2 Å². The molecule has 0 aliphatic heterocycles. The number of carbonyl (C=O) groups is 1. The standard InChI is InChI=1S/C27H29ClN6O2/c1-16-23(17-14-29-33(4)15-17)32-34(19-8-6-5-7-9-19)25(16)31-26(36)30-24-20-12-18(28)10-11-21(20)27(2,3)13-22(24)35/h5-12,14-15,22,24,35H,13H2,1-4H3,(H2,30,31,36)/t22-,24-/m1/s1. The van der Waals surface area contributed by atoms with Crippen molar-refractivity contribution in [3.8, 4) is 16.9 Å². The fourth-order valence-corrected chi connectivity index (χ4v) is 5.22. The quantitative estimate of drug-likeness (QED) is 0.358. The van der Waals surface area contributed by atoms with Crippen LogP contribution >= 0.6 is 11.6 Å². The number of carbonyl (C=O) groups excluding carboxylic acids is 1. The van der Waals surface area contributed by atoms with Gasteiger partial charge in [0.15, 0.2) is 0 Å². The first kappa shape index (κ1) is 24.1. The van der Waals surface area contributed by atoms with Crippen molar-refractivity contribution in [2.75, 3.05) is 5.32 Å². The van der Waals surface area contributed by atoms with E-state index in [2.05, 4.69) is 29.6 Å². The van der Waals surface area contributed by atoms with Gasteiger partial charge in [-0.3, -0.25) is 10.00 Å². The van der Waals surface area contributed by atoms with Crippen molar-refractivity contribution in [3.05, 3.63) is 82.6 Å². The Morgan fingerprint density at radius 2 is 1.94 bits per heavy atom. The van der Waals surface area contributed by atoms with Crippen LogP contribution in [0.2, 0.25) is 5.02 Å². The van der Waals surface area contributed by atoms with E-state index in [0.717, 1.165) is 33.6 Å². The summed E-state index contributed by atoms with van der Waals surface area (Å²) >= 11 is 6.29. The third-order valence-corrected chi connectivity index (χ3v) is 7.04. The summed E-state index contributed by atoms with van der Waals surface area (Å²) in [7, 11) is 1.85. The normalized spacial score (nSPS) is 18.5. The first-order valence-electron chi connectivity index (χ1n) is 11.8. The zero-order chi connectivity index (χ0) is 25.6. The largest absolute Gasteiger partial charge is 0.391 e. The number of hydrogen-bond donors (Lipinski definition) is 3. The predicted molar refractivity (Wildman–Crippen MR) is 141 cm³/mol. The van der Waals surface area contributed by atoms with Crippen LogP contribution in [-0.4, -0.2) is 36.8 Å². The number of nitrogens with zero attached hydrogens (tertiary/aromatic N) is 4. The molecule has 0 bridgehead atoms. The second-order valence-electron chi connectivity index (χ2n) is 9.94. The lowest BCUT2D eigenvalue weighted by molar-refractivity contribution is 0.0883. The van der Waals surface area contributed by atoms with Gasteiger partial charge in [-0.05, 0) is 54.2 Å². The molecule has 2 aromatic carbocycles. The average molecular weight is 505 g/mol. The van der Waals surface area contributed by atoms with E-state index in [0.29, 0.717) is 17.3 Å². The Labute approximate surface area is 214 Å². The lowest BCUT2D eigenvalue weighted by Crippen LogP contribution is -2.45. The van der Waals surface area contributed by atoms with Crippen LogP contribution in [0.3, 0.4) is 0 Å². The third-order valence-electron chi connectivity index (χ3n) is 6.80. The summed E-state index contributed by atoms with van der Waals surface area (Å²) in [6.07, 6.45) is 3.38. The Hall–Kier alpha value is -3.62. The van der Waals surface area contributed by atoms with Crippen molar-refractivity contribution >= 4 is 23.4 Å². The molecule has 36 heavy (non-hydrogen) atoms. The number of nitrogens with one attached hydrogen (secondary N) is 2. The van der Waals surface area contributed by atoms with Gasteiger partial charge >= 0.3 is 6.03 Å². The second-order valence-corrected chi connectivity index (χ2v) is 10.4. The summed E-state index contributed by atoms with van der Waals surface area (Å²) in [4.78, 5) is 13.3. The van der Waals surface area contributed by atoms with E-state index in [9.17, 15) is 9.90 Å². The number of amides is 2. The summed E-state index contributed by atoms with van der Waals surface area (Å²) in [6, 6.07) is 14.2. The first-order valence-corrected chi connectivity index (χ1v) is 12.2. The van der Waals surface area contributed by atoms with E-state index in [1.165, 1.54) is 0 Å². The van der Waals surface area contributed by atoms with E-state index >= 15 is 0 Å². The number of hydrogen-bond acceptors (Lipinski definition) is 4. The zero-order valence-electron chi connectivity index (χ0n) is 20.7. The molecular formula is C27H29ClN6O2. The van der Waals surface area contributed by atoms with E-state index in [4.69, 9.17) is 16.7 Å². The van der Waals surface area contributed by atoms with E-state index in [1.54, 1.807) is 15.6 Å². The number of aliphatic hydroxyl groups is 1. The minimum absolute atomic E-state index is 0.241. The van der Waals surface area contributed by atoms with Crippen LogP contribution in [0.1, 0.15) is 43.0 Å². The van der Waals surface area contributed by atoms with Gasteiger partial charge in [-0.1, -0.05) is 49.7 Å². The summed E-state index contributed by atoms with van der Waals surface area (Å²) < 4.78 is 3.42. The van der Waals surface area contributed by atoms with Gasteiger partial charge in [0.1, 0.15) is 11.5 Å². The number of aryl methyl sites for hydroxylation is 1. The maximum atomic E-state index is 13.3. The summed E-state index contributed by atoms with van der Waals surface area (Å²) in [6.45, 7) is 6.08. The third kappa shape index (κ3) is 4.38. The number of anilines is 1. The minimum Gasteiger partial charge on any atom is -0.391 e. The Morgan fingerprint density at radius 3 is 2.64 bits per heavy atom. The van der Waals surface area contributed by atoms with Gasteiger partial charge in [-0.25, -0.2) is 9.48 Å². The van der Waals surface area contributed by atoms with Crippen molar-refractivity contribution in [2.24, 2.45) is 7.05 Å². The van der Waals surface area contributed by atoms with E-state index in [-0.39, 0.29) is 5.41 Å². The van der Waals surface area contributed by atoms with Crippen molar-refractivity contribution < 1.29 is 9.90 Å². The van der Waals surface area contributed by atoms with Gasteiger partial charge < -0.3 is 10.4 Å². The lowest BCUT2D eigenvalue weighted by atomic mass is 9.69. The van der Waals surface area contributed by atoms with Crippen molar-refractivity contribution in [2.45, 2.75) is 44.8 Å². The van der Waals surface area contributed by atoms with Crippen LogP contribution in [0.25, 0.3) is 16.9 Å². The van der Waals surface area contributed by atoms with Gasteiger partial charge in [0.05, 0.1) is 24.0 Å². The molecule has 2 amide bonds. The Bertz CT molecular complexity index is 1430. The molecule has 0 fully saturated rings. The SMILES string of the molecule is Cc1c(-c2cnn(C)c2)nn(-c2ccccc2)c1NC(=O)N[C@@H]1c2cc(Cl)ccc2C(C)(C)C[C@H]1O. The number of aliphatic hydroxyl groups excluding tert-OH is 1. The highest BCUT2D eigenvalue weighted by Crippen LogP contribution is 2.42. The zero-order valence-corrected chi connectivity index (χ0v) is 21.4. The monoisotopic (exact) mass is 504 g/mol. The molecule has 3 N–H and O–H groups in total. The topological polar surface area (TPSA) is 97.0 Å². The van der Waals surface area contributed by atoms with Crippen LogP contribution in [0, 0.1) is 6.92 Å². The van der Waals surface area contributed by atoms with Gasteiger partial charge in [0.2, 0.25) is 0 Å². The second kappa shape index (κ2) is 9.11. The number of fused-ring (bicyclic) bond motifs is 1. The summed E-state index contributed by atoms with van der Waals surface area (Å²) in [5.74, 6) is 0.537. The van der Waals surface area contributed by atoms with Crippen LogP contribution in [0.4, 0.5) is 10.6 Å². The highest BCUT2D eigenvalue weighted by atomic mass is 35.5. The molecule has 1 aliphatic rings.